The number of carbonyl (C=O) groups is 1. The summed E-state index contributed by atoms with van der Waals surface area (Å²) >= 11 is 0. The van der Waals surface area contributed by atoms with E-state index in [-0.39, 0.29) is 5.69 Å². The Morgan fingerprint density at radius 1 is 1.44 bits per heavy atom. The van der Waals surface area contributed by atoms with Gasteiger partial charge >= 0.3 is 5.97 Å². The number of hydrogen-bond donors (Lipinski definition) is 2. The first-order valence-electron chi connectivity index (χ1n) is 6.03. The number of aryl methyl sites for hydroxylation is 1. The summed E-state index contributed by atoms with van der Waals surface area (Å²) in [5, 5.41) is 8.91. The van der Waals surface area contributed by atoms with E-state index in [2.05, 4.69) is 9.97 Å². The standard InChI is InChI=1S/C12H18N2O2/c15-12(16)11-10(13-8-14-11)7-6-9-4-2-1-3-5-9/h8-9H,1-7H2,(H,13,14)(H,15,16). The average molecular weight is 222 g/mol. The van der Waals surface area contributed by atoms with Gasteiger partial charge in [-0.1, -0.05) is 32.1 Å². The second-order valence-corrected chi connectivity index (χ2v) is 4.58. The predicted octanol–water partition coefficient (Wildman–Crippen LogP) is 2.62. The molecular weight excluding hydrogens is 204 g/mol. The number of aromatic amines is 1. The van der Waals surface area contributed by atoms with Gasteiger partial charge in [0.25, 0.3) is 0 Å². The number of carboxylic acids is 1. The average Bonchev–Trinajstić information content (AvgIpc) is 2.76. The van der Waals surface area contributed by atoms with Crippen LogP contribution in [0.25, 0.3) is 0 Å². The number of nitrogens with one attached hydrogen (secondary N) is 1. The molecule has 88 valence electrons. The maximum Gasteiger partial charge on any atom is 0.356 e. The Kier molecular flexibility index (Phi) is 3.59. The van der Waals surface area contributed by atoms with Crippen molar-refractivity contribution in [3.63, 3.8) is 0 Å². The van der Waals surface area contributed by atoms with Crippen molar-refractivity contribution in [2.75, 3.05) is 0 Å². The van der Waals surface area contributed by atoms with E-state index in [1.165, 1.54) is 38.4 Å². The monoisotopic (exact) mass is 222 g/mol. The first kappa shape index (κ1) is 11.2. The lowest BCUT2D eigenvalue weighted by Gasteiger charge is -2.20. The third-order valence-electron chi connectivity index (χ3n) is 3.45. The number of nitrogens with zero attached hydrogens (tertiary/aromatic N) is 1. The lowest BCUT2D eigenvalue weighted by Crippen LogP contribution is -2.09. The molecule has 0 saturated heterocycles. The van der Waals surface area contributed by atoms with Crippen molar-refractivity contribution in [2.45, 2.75) is 44.9 Å². The molecule has 1 aromatic heterocycles. The van der Waals surface area contributed by atoms with Crippen LogP contribution in [-0.4, -0.2) is 21.0 Å². The summed E-state index contributed by atoms with van der Waals surface area (Å²) in [4.78, 5) is 17.6. The van der Waals surface area contributed by atoms with Crippen LogP contribution in [-0.2, 0) is 6.42 Å². The second kappa shape index (κ2) is 5.14. The molecule has 1 aliphatic rings. The van der Waals surface area contributed by atoms with Gasteiger partial charge in [0.15, 0.2) is 5.69 Å². The summed E-state index contributed by atoms with van der Waals surface area (Å²) < 4.78 is 0. The zero-order valence-corrected chi connectivity index (χ0v) is 9.41. The van der Waals surface area contributed by atoms with Crippen LogP contribution >= 0.6 is 0 Å². The molecule has 0 atom stereocenters. The van der Waals surface area contributed by atoms with Crippen LogP contribution in [0.15, 0.2) is 6.33 Å². The fourth-order valence-corrected chi connectivity index (χ4v) is 2.52. The van der Waals surface area contributed by atoms with E-state index in [1.807, 2.05) is 0 Å². The number of aromatic nitrogens is 2. The smallest absolute Gasteiger partial charge is 0.356 e. The van der Waals surface area contributed by atoms with Gasteiger partial charge in [-0.2, -0.15) is 0 Å². The van der Waals surface area contributed by atoms with E-state index in [0.29, 0.717) is 0 Å². The topological polar surface area (TPSA) is 66.0 Å². The van der Waals surface area contributed by atoms with Crippen LogP contribution < -0.4 is 0 Å². The van der Waals surface area contributed by atoms with Gasteiger partial charge < -0.3 is 10.1 Å². The Labute approximate surface area is 95.1 Å². The van der Waals surface area contributed by atoms with Gasteiger partial charge in [0.1, 0.15) is 0 Å². The molecular formula is C12H18N2O2. The highest BCUT2D eigenvalue weighted by molar-refractivity contribution is 5.86. The Hall–Kier alpha value is -1.32. The SMILES string of the molecule is O=C(O)c1nc[nH]c1CCC1CCCCC1. The van der Waals surface area contributed by atoms with Gasteiger partial charge in [-0.15, -0.1) is 0 Å². The largest absolute Gasteiger partial charge is 0.476 e. The number of rotatable bonds is 4. The summed E-state index contributed by atoms with van der Waals surface area (Å²) in [6.45, 7) is 0. The molecule has 2 rings (SSSR count). The van der Waals surface area contributed by atoms with Crippen LogP contribution in [0.4, 0.5) is 0 Å². The Bertz CT molecular complexity index is 354. The summed E-state index contributed by atoms with van der Waals surface area (Å²) in [5.41, 5.74) is 0.967. The lowest BCUT2D eigenvalue weighted by molar-refractivity contribution is 0.0689. The second-order valence-electron chi connectivity index (χ2n) is 4.58. The van der Waals surface area contributed by atoms with Gasteiger partial charge in [-0.3, -0.25) is 0 Å². The molecule has 1 fully saturated rings. The van der Waals surface area contributed by atoms with Crippen molar-refractivity contribution in [1.29, 1.82) is 0 Å². The molecule has 0 unspecified atom stereocenters. The molecule has 0 aromatic carbocycles. The van der Waals surface area contributed by atoms with E-state index in [9.17, 15) is 4.79 Å². The van der Waals surface area contributed by atoms with Crippen LogP contribution in [0.3, 0.4) is 0 Å². The number of carboxylic acid groups (broad SMARTS) is 1. The van der Waals surface area contributed by atoms with Gasteiger partial charge in [0.2, 0.25) is 0 Å². The molecule has 0 amide bonds. The minimum absolute atomic E-state index is 0.191. The van der Waals surface area contributed by atoms with Gasteiger partial charge in [0, 0.05) is 5.69 Å². The zero-order chi connectivity index (χ0) is 11.4. The molecule has 0 spiro atoms. The van der Waals surface area contributed by atoms with Crippen molar-refractivity contribution in [3.8, 4) is 0 Å². The normalized spacial score (nSPS) is 17.5. The molecule has 2 N–H and O–H groups in total. The van der Waals surface area contributed by atoms with Crippen LogP contribution in [0.2, 0.25) is 0 Å². The minimum Gasteiger partial charge on any atom is -0.476 e. The first-order chi connectivity index (χ1) is 7.77. The Morgan fingerprint density at radius 2 is 2.19 bits per heavy atom. The molecule has 1 saturated carbocycles. The minimum atomic E-state index is -0.931. The molecule has 0 bridgehead atoms. The van der Waals surface area contributed by atoms with E-state index < -0.39 is 5.97 Å². The summed E-state index contributed by atoms with van der Waals surface area (Å²) in [6, 6.07) is 0. The predicted molar refractivity (Wildman–Crippen MR) is 60.4 cm³/mol. The molecule has 1 aromatic rings. The van der Waals surface area contributed by atoms with Gasteiger partial charge in [0.05, 0.1) is 6.33 Å². The maximum absolute atomic E-state index is 10.9. The highest BCUT2D eigenvalue weighted by Gasteiger charge is 2.17. The quantitative estimate of drug-likeness (QED) is 0.823. The molecule has 16 heavy (non-hydrogen) atoms. The molecule has 1 heterocycles. The highest BCUT2D eigenvalue weighted by Crippen LogP contribution is 2.27. The van der Waals surface area contributed by atoms with E-state index >= 15 is 0 Å². The van der Waals surface area contributed by atoms with Crippen molar-refractivity contribution < 1.29 is 9.90 Å². The highest BCUT2D eigenvalue weighted by atomic mass is 16.4. The number of hydrogen-bond acceptors (Lipinski definition) is 2. The van der Waals surface area contributed by atoms with Crippen LogP contribution in [0.1, 0.15) is 54.7 Å². The van der Waals surface area contributed by atoms with Crippen molar-refractivity contribution >= 4 is 5.97 Å². The third-order valence-corrected chi connectivity index (χ3v) is 3.45. The lowest BCUT2D eigenvalue weighted by atomic mass is 9.86. The molecule has 0 aliphatic heterocycles. The zero-order valence-electron chi connectivity index (χ0n) is 9.41. The Balaban J connectivity index is 1.88. The number of H-pyrrole nitrogens is 1. The van der Waals surface area contributed by atoms with E-state index in [1.54, 1.807) is 0 Å². The summed E-state index contributed by atoms with van der Waals surface area (Å²) in [6.07, 6.45) is 10.0. The number of imidazole rings is 1. The fraction of sp³-hybridized carbons (Fsp3) is 0.667. The molecule has 4 nitrogen and oxygen atoms in total. The van der Waals surface area contributed by atoms with E-state index in [0.717, 1.165) is 24.5 Å². The fourth-order valence-electron chi connectivity index (χ4n) is 2.52. The summed E-state index contributed by atoms with van der Waals surface area (Å²) in [7, 11) is 0. The van der Waals surface area contributed by atoms with E-state index in [4.69, 9.17) is 5.11 Å². The maximum atomic E-state index is 10.9. The summed E-state index contributed by atoms with van der Waals surface area (Å²) in [5.74, 6) is -0.154. The van der Waals surface area contributed by atoms with Crippen molar-refractivity contribution in [1.82, 2.24) is 9.97 Å². The first-order valence-corrected chi connectivity index (χ1v) is 6.03. The Morgan fingerprint density at radius 3 is 2.88 bits per heavy atom. The van der Waals surface area contributed by atoms with Crippen molar-refractivity contribution in [3.05, 3.63) is 17.7 Å². The van der Waals surface area contributed by atoms with Crippen LogP contribution in [0, 0.1) is 5.92 Å². The molecule has 1 aliphatic carbocycles. The van der Waals surface area contributed by atoms with Gasteiger partial charge in [-0.25, -0.2) is 9.78 Å². The van der Waals surface area contributed by atoms with Crippen molar-refractivity contribution in [2.24, 2.45) is 5.92 Å². The molecule has 0 radical (unpaired) electrons. The third kappa shape index (κ3) is 2.62. The number of aromatic carboxylic acids is 1. The van der Waals surface area contributed by atoms with Crippen LogP contribution in [0.5, 0.6) is 0 Å². The van der Waals surface area contributed by atoms with Gasteiger partial charge in [-0.05, 0) is 18.8 Å². The molecule has 4 heteroatoms.